The van der Waals surface area contributed by atoms with Crippen molar-refractivity contribution in [1.29, 1.82) is 0 Å². The molecule has 192 valence electrons. The lowest BCUT2D eigenvalue weighted by atomic mass is 9.88. The summed E-state index contributed by atoms with van der Waals surface area (Å²) in [6, 6.07) is 5.17. The van der Waals surface area contributed by atoms with E-state index >= 15 is 0 Å². The van der Waals surface area contributed by atoms with Crippen molar-refractivity contribution < 1.29 is 61.8 Å². The number of rotatable bonds is 11. The average molecular weight is 510 g/mol. The van der Waals surface area contributed by atoms with Gasteiger partial charge in [-0.2, -0.15) is 57.1 Å². The van der Waals surface area contributed by atoms with E-state index in [1.807, 2.05) is 0 Å². The molecule has 1 aromatic carbocycles. The van der Waals surface area contributed by atoms with Gasteiger partial charge in [-0.25, -0.2) is 0 Å². The molecule has 0 spiro atoms. The zero-order valence-corrected chi connectivity index (χ0v) is 17.0. The minimum atomic E-state index is -7.91. The lowest BCUT2D eigenvalue weighted by Crippen LogP contribution is -2.70. The summed E-state index contributed by atoms with van der Waals surface area (Å²) in [5, 5.41) is 0. The van der Waals surface area contributed by atoms with E-state index in [0.717, 1.165) is 6.07 Å². The molecule has 0 aliphatic heterocycles. The van der Waals surface area contributed by atoms with Gasteiger partial charge in [0.25, 0.3) is 0 Å². The number of alkyl halides is 13. The highest BCUT2D eigenvalue weighted by molar-refractivity contribution is 5.30. The molecule has 0 aromatic heterocycles. The first-order chi connectivity index (χ1) is 14.7. The van der Waals surface area contributed by atoms with Crippen LogP contribution in [0.5, 0.6) is 0 Å². The zero-order valence-electron chi connectivity index (χ0n) is 17.0. The number of benzene rings is 1. The lowest BCUT2D eigenvalue weighted by Gasteiger charge is -2.40. The Bertz CT molecular complexity index is 786. The van der Waals surface area contributed by atoms with Gasteiger partial charge >= 0.3 is 35.8 Å². The largest absolute Gasteiger partial charge is 0.460 e. The molecular formula is C19H19F13O. The molecule has 0 saturated carbocycles. The van der Waals surface area contributed by atoms with Crippen molar-refractivity contribution in [3.63, 3.8) is 0 Å². The standard InChI is InChI=1S/C19H19F13O/c1-3-4-7-11-8-5-6-9-12(11)13(33-2)10-14(20,21)15(22,23)16(24,25)17(26,27)18(28,29)19(30,31)32/h5-6,8-9,13H,3-4,7,10H2,1-2H3. The second-order valence-electron chi connectivity index (χ2n) is 7.23. The van der Waals surface area contributed by atoms with Crippen LogP contribution in [0.2, 0.25) is 0 Å². The Labute approximate surface area is 179 Å². The number of hydrogen-bond acceptors (Lipinski definition) is 1. The Morgan fingerprint density at radius 3 is 1.67 bits per heavy atom. The Morgan fingerprint density at radius 2 is 1.21 bits per heavy atom. The first kappa shape index (κ1) is 29.3. The molecular weight excluding hydrogens is 491 g/mol. The minimum Gasteiger partial charge on any atom is -0.377 e. The van der Waals surface area contributed by atoms with E-state index in [4.69, 9.17) is 0 Å². The molecule has 0 aliphatic carbocycles. The highest BCUT2D eigenvalue weighted by Crippen LogP contribution is 2.61. The Morgan fingerprint density at radius 1 is 0.727 bits per heavy atom. The van der Waals surface area contributed by atoms with Crippen molar-refractivity contribution in [3.8, 4) is 0 Å². The van der Waals surface area contributed by atoms with E-state index < -0.39 is 48.3 Å². The number of hydrogen-bond donors (Lipinski definition) is 0. The first-order valence-corrected chi connectivity index (χ1v) is 9.29. The van der Waals surface area contributed by atoms with E-state index in [1.165, 1.54) is 18.2 Å². The molecule has 1 unspecified atom stereocenters. The van der Waals surface area contributed by atoms with Gasteiger partial charge < -0.3 is 4.74 Å². The summed E-state index contributed by atoms with van der Waals surface area (Å²) < 4.78 is 178. The van der Waals surface area contributed by atoms with Gasteiger partial charge in [-0.1, -0.05) is 37.6 Å². The Hall–Kier alpha value is -1.73. The summed E-state index contributed by atoms with van der Waals surface area (Å²) in [6.45, 7) is 1.75. The number of unbranched alkanes of at least 4 members (excludes halogenated alkanes) is 1. The van der Waals surface area contributed by atoms with E-state index in [1.54, 1.807) is 6.92 Å². The third-order valence-electron chi connectivity index (χ3n) is 4.93. The van der Waals surface area contributed by atoms with E-state index in [-0.39, 0.29) is 17.5 Å². The quantitative estimate of drug-likeness (QED) is 0.276. The average Bonchev–Trinajstić information content (AvgIpc) is 2.69. The van der Waals surface area contributed by atoms with Gasteiger partial charge in [0.1, 0.15) is 0 Å². The van der Waals surface area contributed by atoms with Crippen LogP contribution in [0.3, 0.4) is 0 Å². The highest BCUT2D eigenvalue weighted by Gasteiger charge is 2.90. The van der Waals surface area contributed by atoms with Crippen molar-refractivity contribution in [2.45, 2.75) is 74.5 Å². The van der Waals surface area contributed by atoms with Crippen LogP contribution in [0.1, 0.15) is 43.4 Å². The highest BCUT2D eigenvalue weighted by atomic mass is 19.4. The van der Waals surface area contributed by atoms with Crippen LogP contribution in [-0.2, 0) is 11.2 Å². The van der Waals surface area contributed by atoms with Crippen molar-refractivity contribution >= 4 is 0 Å². The fourth-order valence-electron chi connectivity index (χ4n) is 2.93. The molecule has 0 amide bonds. The van der Waals surface area contributed by atoms with Crippen LogP contribution < -0.4 is 0 Å². The van der Waals surface area contributed by atoms with E-state index in [2.05, 4.69) is 4.74 Å². The van der Waals surface area contributed by atoms with Crippen molar-refractivity contribution in [2.75, 3.05) is 7.11 Å². The van der Waals surface area contributed by atoms with Crippen molar-refractivity contribution in [3.05, 3.63) is 35.4 Å². The Balaban J connectivity index is 3.43. The summed E-state index contributed by atoms with van der Waals surface area (Å²) in [5.41, 5.74) is 0.0747. The van der Waals surface area contributed by atoms with Gasteiger partial charge in [0.15, 0.2) is 0 Å². The number of ether oxygens (including phenoxy) is 1. The minimum absolute atomic E-state index is 0.195. The fourth-order valence-corrected chi connectivity index (χ4v) is 2.93. The zero-order chi connectivity index (χ0) is 26.1. The summed E-state index contributed by atoms with van der Waals surface area (Å²) in [6.07, 6.45) is -10.7. The van der Waals surface area contributed by atoms with Crippen LogP contribution in [0.15, 0.2) is 24.3 Å². The number of halogens is 13. The fraction of sp³-hybridized carbons (Fsp3) is 0.684. The van der Waals surface area contributed by atoms with E-state index in [0.29, 0.717) is 20.0 Å². The first-order valence-electron chi connectivity index (χ1n) is 9.29. The Kier molecular flexibility index (Phi) is 8.43. The third kappa shape index (κ3) is 5.04. The molecule has 1 rings (SSSR count). The molecule has 14 heteroatoms. The summed E-state index contributed by atoms with van der Waals surface area (Å²) in [4.78, 5) is 0. The molecule has 0 radical (unpaired) electrons. The maximum absolute atomic E-state index is 14.2. The molecule has 0 aliphatic rings. The molecule has 1 atom stereocenters. The second kappa shape index (κ2) is 9.49. The molecule has 0 N–H and O–H groups in total. The van der Waals surface area contributed by atoms with Gasteiger partial charge in [-0.15, -0.1) is 0 Å². The van der Waals surface area contributed by atoms with Crippen molar-refractivity contribution in [2.24, 2.45) is 0 Å². The van der Waals surface area contributed by atoms with Crippen LogP contribution >= 0.6 is 0 Å². The predicted molar refractivity (Wildman–Crippen MR) is 90.2 cm³/mol. The maximum atomic E-state index is 14.2. The maximum Gasteiger partial charge on any atom is 0.460 e. The molecule has 0 saturated heterocycles. The van der Waals surface area contributed by atoms with Crippen LogP contribution in [0, 0.1) is 0 Å². The molecule has 0 heterocycles. The summed E-state index contributed by atoms with van der Waals surface area (Å²) in [5.74, 6) is -37.0. The lowest BCUT2D eigenvalue weighted by molar-refractivity contribution is -0.440. The van der Waals surface area contributed by atoms with Crippen molar-refractivity contribution in [1.82, 2.24) is 0 Å². The van der Waals surface area contributed by atoms with Crippen LogP contribution in [-0.4, -0.2) is 42.9 Å². The monoisotopic (exact) mass is 510 g/mol. The number of methoxy groups -OCH3 is 1. The molecule has 33 heavy (non-hydrogen) atoms. The van der Waals surface area contributed by atoms with Gasteiger partial charge in [0, 0.05) is 13.5 Å². The molecule has 0 fully saturated rings. The van der Waals surface area contributed by atoms with Gasteiger partial charge in [-0.3, -0.25) is 0 Å². The molecule has 0 bridgehead atoms. The second-order valence-corrected chi connectivity index (χ2v) is 7.23. The SMILES string of the molecule is CCCCc1ccccc1C(CC(F)(F)C(F)(F)C(F)(F)C(F)(F)C(F)(F)C(F)(F)F)OC. The van der Waals surface area contributed by atoms with Gasteiger partial charge in [0.05, 0.1) is 6.10 Å². The van der Waals surface area contributed by atoms with Crippen LogP contribution in [0.25, 0.3) is 0 Å². The van der Waals surface area contributed by atoms with Gasteiger partial charge in [-0.05, 0) is 24.0 Å². The van der Waals surface area contributed by atoms with E-state index in [9.17, 15) is 57.1 Å². The smallest absolute Gasteiger partial charge is 0.377 e. The molecule has 1 nitrogen and oxygen atoms in total. The summed E-state index contributed by atoms with van der Waals surface area (Å²) in [7, 11) is 0.708. The summed E-state index contributed by atoms with van der Waals surface area (Å²) >= 11 is 0. The number of aryl methyl sites for hydroxylation is 1. The normalized spacial score (nSPS) is 15.6. The third-order valence-corrected chi connectivity index (χ3v) is 4.93. The van der Waals surface area contributed by atoms with Crippen LogP contribution in [0.4, 0.5) is 57.1 Å². The predicted octanol–water partition coefficient (Wildman–Crippen LogP) is 7.85. The molecule has 1 aromatic rings. The topological polar surface area (TPSA) is 9.23 Å². The van der Waals surface area contributed by atoms with Gasteiger partial charge in [0.2, 0.25) is 0 Å².